The molecule has 0 atom stereocenters. The Kier molecular flexibility index (Phi) is 13.5. The molecule has 0 aliphatic carbocycles. The highest BCUT2D eigenvalue weighted by atomic mass is 16.1. The molecule has 1 nitrogen and oxygen atoms in total. The normalized spacial score (nSPS) is 6.17. The van der Waals surface area contributed by atoms with Crippen LogP contribution in [0.2, 0.25) is 0 Å². The molecule has 0 unspecified atom stereocenters. The minimum Gasteiger partial charge on any atom is -0.303 e. The summed E-state index contributed by atoms with van der Waals surface area (Å²) in [5, 5.41) is 0. The van der Waals surface area contributed by atoms with Crippen molar-refractivity contribution in [1.82, 2.24) is 0 Å². The standard InChI is InChI=1S/C4H8O.CH4/c1-2-3-4-5;/h4H,2-3H2,1H3;1H4. The highest BCUT2D eigenvalue weighted by Crippen LogP contribution is 1.74. The van der Waals surface area contributed by atoms with Crippen LogP contribution in [0.4, 0.5) is 0 Å². The second kappa shape index (κ2) is 8.82. The molecule has 0 aliphatic rings. The van der Waals surface area contributed by atoms with Gasteiger partial charge in [0.25, 0.3) is 0 Å². The zero-order valence-electron chi connectivity index (χ0n) is 3.40. The van der Waals surface area contributed by atoms with Gasteiger partial charge in [-0.3, -0.25) is 0 Å². The number of rotatable bonds is 2. The first-order valence-corrected chi connectivity index (χ1v) is 1.85. The maximum Gasteiger partial charge on any atom is 0.119 e. The lowest BCUT2D eigenvalue weighted by atomic mass is 10.4. The summed E-state index contributed by atoms with van der Waals surface area (Å²) in [7, 11) is 0. The molecule has 6 heavy (non-hydrogen) atoms. The Labute approximate surface area is 39.4 Å². The van der Waals surface area contributed by atoms with Crippen molar-refractivity contribution >= 4 is 6.29 Å². The molecule has 1 heteroatoms. The fourth-order valence-corrected chi connectivity index (χ4v) is 0.118. The predicted molar refractivity (Wildman–Crippen MR) is 27.7 cm³/mol. The van der Waals surface area contributed by atoms with Gasteiger partial charge in [0.2, 0.25) is 0 Å². The SMILES string of the molecule is C.CCCC=O. The molecule has 0 amide bonds. The molecule has 0 radical (unpaired) electrons. The van der Waals surface area contributed by atoms with Crippen LogP contribution in [0, 0.1) is 0 Å². The summed E-state index contributed by atoms with van der Waals surface area (Å²) in [4.78, 5) is 9.40. The van der Waals surface area contributed by atoms with E-state index < -0.39 is 0 Å². The van der Waals surface area contributed by atoms with Gasteiger partial charge in [-0.15, -0.1) is 0 Å². The Balaban J connectivity index is 0. The van der Waals surface area contributed by atoms with Gasteiger partial charge < -0.3 is 4.79 Å². The fraction of sp³-hybridized carbons (Fsp3) is 0.800. The van der Waals surface area contributed by atoms with E-state index in [1.54, 1.807) is 0 Å². The monoisotopic (exact) mass is 88.1 g/mol. The van der Waals surface area contributed by atoms with Gasteiger partial charge >= 0.3 is 0 Å². The molecule has 0 fully saturated rings. The average Bonchev–Trinajstić information content (AvgIpc) is 1.41. The van der Waals surface area contributed by atoms with Crippen LogP contribution < -0.4 is 0 Å². The predicted octanol–water partition coefficient (Wildman–Crippen LogP) is 1.62. The van der Waals surface area contributed by atoms with E-state index in [2.05, 4.69) is 0 Å². The minimum absolute atomic E-state index is 0. The zero-order chi connectivity index (χ0) is 4.12. The maximum absolute atomic E-state index is 9.40. The lowest BCUT2D eigenvalue weighted by Crippen LogP contribution is -1.64. The maximum atomic E-state index is 9.40. The number of hydrogen-bond donors (Lipinski definition) is 0. The van der Waals surface area contributed by atoms with Crippen molar-refractivity contribution < 1.29 is 4.79 Å². The number of aldehydes is 1. The van der Waals surface area contributed by atoms with Gasteiger partial charge in [-0.25, -0.2) is 0 Å². The number of carbonyl (C=O) groups excluding carboxylic acids is 1. The second-order valence-electron chi connectivity index (χ2n) is 0.955. The van der Waals surface area contributed by atoms with Gasteiger partial charge in [-0.05, 0) is 6.42 Å². The largest absolute Gasteiger partial charge is 0.303 e. The highest BCUT2D eigenvalue weighted by molar-refractivity contribution is 5.48. The Morgan fingerprint density at radius 1 is 1.67 bits per heavy atom. The van der Waals surface area contributed by atoms with Crippen LogP contribution >= 0.6 is 0 Å². The molecule has 0 aromatic rings. The van der Waals surface area contributed by atoms with Crippen molar-refractivity contribution in [2.24, 2.45) is 0 Å². The zero-order valence-corrected chi connectivity index (χ0v) is 3.40. The molecule has 0 aromatic carbocycles. The first-order valence-electron chi connectivity index (χ1n) is 1.85. The molecule has 0 aliphatic heterocycles. The molecule has 0 spiro atoms. The number of hydrogen-bond acceptors (Lipinski definition) is 1. The molecule has 0 rings (SSSR count). The summed E-state index contributed by atoms with van der Waals surface area (Å²) in [6, 6.07) is 0. The topological polar surface area (TPSA) is 17.1 Å². The molecular weight excluding hydrogens is 76.1 g/mol. The first kappa shape index (κ1) is 9.18. The fourth-order valence-electron chi connectivity index (χ4n) is 0.118. The van der Waals surface area contributed by atoms with Gasteiger partial charge in [0, 0.05) is 6.42 Å². The minimum atomic E-state index is 0. The van der Waals surface area contributed by atoms with Gasteiger partial charge in [-0.1, -0.05) is 14.4 Å². The molecule has 0 heterocycles. The van der Waals surface area contributed by atoms with Gasteiger partial charge in [0.1, 0.15) is 6.29 Å². The average molecular weight is 88.1 g/mol. The van der Waals surface area contributed by atoms with Crippen LogP contribution in [-0.4, -0.2) is 6.29 Å². The number of unbranched alkanes of at least 4 members (excludes halogenated alkanes) is 1. The summed E-state index contributed by atoms with van der Waals surface area (Å²) < 4.78 is 0. The smallest absolute Gasteiger partial charge is 0.119 e. The van der Waals surface area contributed by atoms with Crippen LogP contribution in [0.15, 0.2) is 0 Å². The summed E-state index contributed by atoms with van der Waals surface area (Å²) in [5.74, 6) is 0. The van der Waals surface area contributed by atoms with E-state index in [4.69, 9.17) is 0 Å². The number of carbonyl (C=O) groups is 1. The third kappa shape index (κ3) is 9.38. The lowest BCUT2D eigenvalue weighted by molar-refractivity contribution is -0.107. The van der Waals surface area contributed by atoms with E-state index in [1.165, 1.54) is 0 Å². The van der Waals surface area contributed by atoms with Crippen LogP contribution in [0.1, 0.15) is 27.2 Å². The van der Waals surface area contributed by atoms with Crippen molar-refractivity contribution in [3.05, 3.63) is 0 Å². The van der Waals surface area contributed by atoms with Crippen molar-refractivity contribution in [2.45, 2.75) is 27.2 Å². The van der Waals surface area contributed by atoms with Crippen molar-refractivity contribution in [2.75, 3.05) is 0 Å². The Bertz CT molecular complexity index is 25.1. The van der Waals surface area contributed by atoms with Crippen molar-refractivity contribution in [1.29, 1.82) is 0 Å². The molecule has 0 saturated heterocycles. The molecule has 0 N–H and O–H groups in total. The van der Waals surface area contributed by atoms with Crippen LogP contribution in [0.3, 0.4) is 0 Å². The Morgan fingerprint density at radius 2 is 2.17 bits per heavy atom. The Morgan fingerprint density at radius 3 is 2.17 bits per heavy atom. The van der Waals surface area contributed by atoms with Gasteiger partial charge in [0.15, 0.2) is 0 Å². The van der Waals surface area contributed by atoms with E-state index in [9.17, 15) is 4.79 Å². The molecule has 0 aromatic heterocycles. The van der Waals surface area contributed by atoms with Crippen LogP contribution in [-0.2, 0) is 4.79 Å². The summed E-state index contributed by atoms with van der Waals surface area (Å²) in [6.07, 6.45) is 2.61. The van der Waals surface area contributed by atoms with Crippen LogP contribution in [0.25, 0.3) is 0 Å². The second-order valence-corrected chi connectivity index (χ2v) is 0.955. The van der Waals surface area contributed by atoms with E-state index >= 15 is 0 Å². The first-order chi connectivity index (χ1) is 2.41. The molecule has 0 saturated carbocycles. The summed E-state index contributed by atoms with van der Waals surface area (Å²) in [5.41, 5.74) is 0. The molecule has 0 bridgehead atoms. The quantitative estimate of drug-likeness (QED) is 0.469. The third-order valence-electron chi connectivity index (χ3n) is 0.407. The van der Waals surface area contributed by atoms with Gasteiger partial charge in [-0.2, -0.15) is 0 Å². The summed E-state index contributed by atoms with van der Waals surface area (Å²) in [6.45, 7) is 1.98. The summed E-state index contributed by atoms with van der Waals surface area (Å²) >= 11 is 0. The van der Waals surface area contributed by atoms with E-state index in [0.717, 1.165) is 12.7 Å². The lowest BCUT2D eigenvalue weighted by Gasteiger charge is -1.68. The van der Waals surface area contributed by atoms with E-state index in [-0.39, 0.29) is 7.43 Å². The van der Waals surface area contributed by atoms with Crippen molar-refractivity contribution in [3.63, 3.8) is 0 Å². The van der Waals surface area contributed by atoms with E-state index in [1.807, 2.05) is 6.92 Å². The van der Waals surface area contributed by atoms with Crippen LogP contribution in [0.5, 0.6) is 0 Å². The van der Waals surface area contributed by atoms with E-state index in [0.29, 0.717) is 6.42 Å². The molecular formula is C5H12O. The highest BCUT2D eigenvalue weighted by Gasteiger charge is 1.66. The molecule has 38 valence electrons. The Hall–Kier alpha value is -0.330. The van der Waals surface area contributed by atoms with Gasteiger partial charge in [0.05, 0.1) is 0 Å². The third-order valence-corrected chi connectivity index (χ3v) is 0.407. The van der Waals surface area contributed by atoms with Crippen molar-refractivity contribution in [3.8, 4) is 0 Å².